The van der Waals surface area contributed by atoms with Crippen LogP contribution in [0.1, 0.15) is 19.4 Å². The van der Waals surface area contributed by atoms with Gasteiger partial charge in [-0.05, 0) is 61.9 Å². The molecule has 2 heterocycles. The van der Waals surface area contributed by atoms with Gasteiger partial charge in [0.15, 0.2) is 0 Å². The van der Waals surface area contributed by atoms with Crippen LogP contribution >= 0.6 is 22.7 Å². The first kappa shape index (κ1) is 21.0. The molecule has 0 bridgehead atoms. The molecule has 2 aromatic carbocycles. The summed E-state index contributed by atoms with van der Waals surface area (Å²) in [6.45, 7) is 10.0. The van der Waals surface area contributed by atoms with Gasteiger partial charge in [-0.3, -0.25) is 0 Å². The number of rotatable bonds is 8. The first-order valence-corrected chi connectivity index (χ1v) is 11.6. The quantitative estimate of drug-likeness (QED) is 0.254. The van der Waals surface area contributed by atoms with Crippen molar-refractivity contribution in [3.8, 4) is 0 Å². The molecule has 4 aromatic rings. The summed E-state index contributed by atoms with van der Waals surface area (Å²) in [6.07, 6.45) is 1.80. The van der Waals surface area contributed by atoms with Crippen LogP contribution in [-0.2, 0) is 0 Å². The van der Waals surface area contributed by atoms with Crippen LogP contribution in [-0.4, -0.2) is 18.1 Å². The highest BCUT2D eigenvalue weighted by Crippen LogP contribution is 2.39. The zero-order valence-corrected chi connectivity index (χ0v) is 19.0. The maximum atomic E-state index is 4.54. The second kappa shape index (κ2) is 9.72. The van der Waals surface area contributed by atoms with Crippen LogP contribution in [0, 0.1) is 0 Å². The van der Waals surface area contributed by atoms with Gasteiger partial charge < -0.3 is 4.90 Å². The molecule has 0 aliphatic heterocycles. The molecule has 0 N–H and O–H groups in total. The molecule has 0 spiro atoms. The van der Waals surface area contributed by atoms with Crippen LogP contribution in [0.2, 0.25) is 0 Å². The van der Waals surface area contributed by atoms with Crippen molar-refractivity contribution in [2.24, 2.45) is 20.5 Å². The first-order valence-electron chi connectivity index (χ1n) is 10.00. The number of anilines is 1. The van der Waals surface area contributed by atoms with Gasteiger partial charge in [0, 0.05) is 18.8 Å². The summed E-state index contributed by atoms with van der Waals surface area (Å²) in [7, 11) is 0. The Morgan fingerprint density at radius 2 is 1.52 bits per heavy atom. The normalized spacial score (nSPS) is 11.7. The summed E-state index contributed by atoms with van der Waals surface area (Å²) in [6, 6.07) is 17.9. The van der Waals surface area contributed by atoms with Crippen molar-refractivity contribution in [1.82, 2.24) is 4.98 Å². The number of aromatic nitrogens is 1. The molecule has 0 radical (unpaired) electrons. The van der Waals surface area contributed by atoms with E-state index in [-0.39, 0.29) is 0 Å². The summed E-state index contributed by atoms with van der Waals surface area (Å²) in [5.74, 6) is 0. The van der Waals surface area contributed by atoms with E-state index in [1.807, 2.05) is 42.5 Å². The first-order chi connectivity index (χ1) is 15.2. The predicted molar refractivity (Wildman–Crippen MR) is 132 cm³/mol. The van der Waals surface area contributed by atoms with Crippen molar-refractivity contribution in [3.63, 3.8) is 0 Å². The Hall–Kier alpha value is -3.23. The topological polar surface area (TPSA) is 65.6 Å². The highest BCUT2D eigenvalue weighted by atomic mass is 32.1. The van der Waals surface area contributed by atoms with E-state index in [0.717, 1.165) is 44.6 Å². The van der Waals surface area contributed by atoms with Gasteiger partial charge in [-0.25, -0.2) is 4.98 Å². The third-order valence-electron chi connectivity index (χ3n) is 4.69. The Balaban J connectivity index is 1.43. The summed E-state index contributed by atoms with van der Waals surface area (Å²) in [5, 5.41) is 18.7. The monoisotopic (exact) mass is 446 g/mol. The van der Waals surface area contributed by atoms with Crippen LogP contribution in [0.3, 0.4) is 0 Å². The minimum absolute atomic E-state index is 0.629. The molecule has 0 amide bonds. The Labute approximate surface area is 189 Å². The van der Waals surface area contributed by atoms with Gasteiger partial charge in [-0.1, -0.05) is 47.5 Å². The van der Waals surface area contributed by atoms with E-state index in [9.17, 15) is 0 Å². The Morgan fingerprint density at radius 1 is 0.871 bits per heavy atom. The molecule has 0 fully saturated rings. The molecule has 4 rings (SSSR count). The molecule has 0 aliphatic carbocycles. The van der Waals surface area contributed by atoms with Crippen molar-refractivity contribution < 1.29 is 0 Å². The molecule has 6 nitrogen and oxygen atoms in total. The van der Waals surface area contributed by atoms with Crippen LogP contribution in [0.5, 0.6) is 0 Å². The number of hydrogen-bond acceptors (Lipinski definition) is 8. The second-order valence-corrected chi connectivity index (χ2v) is 8.65. The Kier molecular flexibility index (Phi) is 6.59. The molecule has 31 heavy (non-hydrogen) atoms. The summed E-state index contributed by atoms with van der Waals surface area (Å²) < 4.78 is 1.03. The maximum absolute atomic E-state index is 4.54. The van der Waals surface area contributed by atoms with Crippen LogP contribution in [0.15, 0.2) is 81.6 Å². The van der Waals surface area contributed by atoms with Gasteiger partial charge in [0.1, 0.15) is 9.83 Å². The van der Waals surface area contributed by atoms with Crippen LogP contribution in [0.25, 0.3) is 15.6 Å². The fourth-order valence-electron chi connectivity index (χ4n) is 3.01. The minimum Gasteiger partial charge on any atom is -0.372 e. The average Bonchev–Trinajstić information content (AvgIpc) is 3.37. The fourth-order valence-corrected chi connectivity index (χ4v) is 4.86. The van der Waals surface area contributed by atoms with Gasteiger partial charge in [0.2, 0.25) is 5.13 Å². The number of benzene rings is 2. The summed E-state index contributed by atoms with van der Waals surface area (Å²) in [4.78, 5) is 7.73. The van der Waals surface area contributed by atoms with Crippen molar-refractivity contribution in [2.75, 3.05) is 18.0 Å². The minimum atomic E-state index is 0.629. The van der Waals surface area contributed by atoms with Crippen molar-refractivity contribution in [2.45, 2.75) is 13.8 Å². The number of fused-ring (bicyclic) bond motifs is 1. The van der Waals surface area contributed by atoms with E-state index in [1.165, 1.54) is 28.4 Å². The molecule has 0 aliphatic rings. The molecule has 8 heteroatoms. The number of thiazole rings is 1. The molecule has 0 saturated carbocycles. The average molecular weight is 447 g/mol. The third-order valence-corrected chi connectivity index (χ3v) is 6.62. The van der Waals surface area contributed by atoms with Crippen molar-refractivity contribution in [1.29, 1.82) is 0 Å². The van der Waals surface area contributed by atoms with Crippen LogP contribution < -0.4 is 4.90 Å². The smallest absolute Gasteiger partial charge is 0.231 e. The summed E-state index contributed by atoms with van der Waals surface area (Å²) in [5.41, 5.74) is 3.86. The van der Waals surface area contributed by atoms with E-state index in [2.05, 4.69) is 62.9 Å². The van der Waals surface area contributed by atoms with Gasteiger partial charge in [-0.2, -0.15) is 0 Å². The Bertz CT molecular complexity index is 1180. The molecule has 0 unspecified atom stereocenters. The highest BCUT2D eigenvalue weighted by Gasteiger charge is 2.08. The summed E-state index contributed by atoms with van der Waals surface area (Å²) >= 11 is 2.99. The van der Waals surface area contributed by atoms with E-state index < -0.39 is 0 Å². The number of hydrogen-bond donors (Lipinski definition) is 0. The van der Waals surface area contributed by atoms with Crippen molar-refractivity contribution >= 4 is 65.5 Å². The van der Waals surface area contributed by atoms with Gasteiger partial charge in [0.05, 0.1) is 16.1 Å². The largest absolute Gasteiger partial charge is 0.372 e. The third kappa shape index (κ3) is 5.10. The zero-order chi connectivity index (χ0) is 21.6. The van der Waals surface area contributed by atoms with E-state index >= 15 is 0 Å². The van der Waals surface area contributed by atoms with Crippen molar-refractivity contribution in [3.05, 3.63) is 66.7 Å². The zero-order valence-electron chi connectivity index (χ0n) is 17.4. The lowest BCUT2D eigenvalue weighted by Gasteiger charge is -2.20. The molecular formula is C23H22N6S2. The highest BCUT2D eigenvalue weighted by molar-refractivity contribution is 7.30. The van der Waals surface area contributed by atoms with E-state index in [0.29, 0.717) is 5.13 Å². The maximum Gasteiger partial charge on any atom is 0.231 e. The fraction of sp³-hybridized carbons (Fsp3) is 0.174. The molecule has 0 saturated heterocycles. The van der Waals surface area contributed by atoms with E-state index in [1.54, 1.807) is 6.08 Å². The number of azo groups is 2. The lowest BCUT2D eigenvalue weighted by atomic mass is 10.2. The lowest BCUT2D eigenvalue weighted by molar-refractivity contribution is 0.866. The molecule has 156 valence electrons. The van der Waals surface area contributed by atoms with Crippen LogP contribution in [0.4, 0.5) is 27.2 Å². The standard InChI is InChI=1S/C23H22N6S2/c1-4-16-7-9-17(10-8-16)26-28-23-24-22-20(30-23)15-21(31-22)27-25-18-11-13-19(14-12-18)29(5-2)6-3/h4,7-15H,1,5-6H2,2-3H3. The molecule has 2 aromatic heterocycles. The van der Waals surface area contributed by atoms with Gasteiger partial charge in [0.25, 0.3) is 0 Å². The number of thiophene rings is 1. The van der Waals surface area contributed by atoms with Gasteiger partial charge in [-0.15, -0.1) is 20.5 Å². The Morgan fingerprint density at radius 3 is 2.13 bits per heavy atom. The van der Waals surface area contributed by atoms with Gasteiger partial charge >= 0.3 is 0 Å². The predicted octanol–water partition coefficient (Wildman–Crippen LogP) is 8.68. The lowest BCUT2D eigenvalue weighted by Crippen LogP contribution is -2.21. The molecular weight excluding hydrogens is 424 g/mol. The molecule has 0 atom stereocenters. The van der Waals surface area contributed by atoms with E-state index in [4.69, 9.17) is 0 Å². The second-order valence-electron chi connectivity index (χ2n) is 6.63. The number of nitrogens with zero attached hydrogens (tertiary/aromatic N) is 6. The SMILES string of the molecule is C=Cc1ccc(N=Nc2nc3sc(N=Nc4ccc(N(CC)CC)cc4)cc3s2)cc1.